The number of carbonyl (C=O) groups is 1. The molecule has 0 aliphatic rings. The summed E-state index contributed by atoms with van der Waals surface area (Å²) in [6.07, 6.45) is 1.23. The molecule has 2 N–H and O–H groups in total. The molecule has 0 saturated carbocycles. The number of nitrogens with zero attached hydrogens (tertiary/aromatic N) is 2. The van der Waals surface area contributed by atoms with Gasteiger partial charge in [0.25, 0.3) is 0 Å². The van der Waals surface area contributed by atoms with Crippen LogP contribution in [0.1, 0.15) is 10.5 Å². The van der Waals surface area contributed by atoms with Crippen molar-refractivity contribution in [2.45, 2.75) is 0 Å². The average Bonchev–Trinajstić information content (AvgIpc) is 2.38. The minimum absolute atomic E-state index is 0.131. The molecule has 0 spiro atoms. The Kier molecular flexibility index (Phi) is 3.38. The van der Waals surface area contributed by atoms with Crippen LogP contribution >= 0.6 is 0 Å². The molecule has 6 heteroatoms. The number of ether oxygens (including phenoxy) is 2. The van der Waals surface area contributed by atoms with Crippen LogP contribution in [0, 0.1) is 0 Å². The molecule has 0 radical (unpaired) electrons. The third kappa shape index (κ3) is 2.73. The van der Waals surface area contributed by atoms with E-state index in [9.17, 15) is 4.79 Å². The highest BCUT2D eigenvalue weighted by Crippen LogP contribution is 2.21. The van der Waals surface area contributed by atoms with Gasteiger partial charge in [-0.2, -0.15) is 0 Å². The molecule has 0 atom stereocenters. The molecule has 92 valence electrons. The van der Waals surface area contributed by atoms with Gasteiger partial charge < -0.3 is 15.2 Å². The number of carbonyl (C=O) groups excluding carboxylic acids is 1. The predicted octanol–water partition coefficient (Wildman–Crippen LogP) is 1.64. The van der Waals surface area contributed by atoms with Crippen molar-refractivity contribution in [3.8, 4) is 11.6 Å². The zero-order valence-electron chi connectivity index (χ0n) is 9.66. The lowest BCUT2D eigenvalue weighted by molar-refractivity contribution is 0.0593. The number of nitrogens with two attached hydrogens (primary N) is 1. The Labute approximate surface area is 103 Å². The van der Waals surface area contributed by atoms with Gasteiger partial charge in [-0.1, -0.05) is 6.07 Å². The van der Waals surface area contributed by atoms with Gasteiger partial charge in [0.1, 0.15) is 12.1 Å². The number of benzene rings is 1. The summed E-state index contributed by atoms with van der Waals surface area (Å²) in [5.74, 6) is 0.232. The van der Waals surface area contributed by atoms with Crippen molar-refractivity contribution in [2.75, 3.05) is 12.8 Å². The molecule has 1 aromatic heterocycles. The number of rotatable bonds is 3. The van der Waals surface area contributed by atoms with Crippen LogP contribution < -0.4 is 10.5 Å². The zero-order valence-corrected chi connectivity index (χ0v) is 9.66. The molecule has 0 fully saturated rings. The number of methoxy groups -OCH3 is 1. The molecule has 0 saturated heterocycles. The second-order valence-corrected chi connectivity index (χ2v) is 3.41. The lowest BCUT2D eigenvalue weighted by atomic mass is 10.3. The Hall–Kier alpha value is -2.63. The molecule has 0 amide bonds. The highest BCUT2D eigenvalue weighted by Gasteiger charge is 2.09. The Balaban J connectivity index is 2.22. The van der Waals surface area contributed by atoms with Gasteiger partial charge in [-0.05, 0) is 12.1 Å². The van der Waals surface area contributed by atoms with Crippen molar-refractivity contribution in [1.29, 1.82) is 0 Å². The molecule has 1 aromatic carbocycles. The largest absolute Gasteiger partial charge is 0.464 e. The summed E-state index contributed by atoms with van der Waals surface area (Å²) in [6.45, 7) is 0. The average molecular weight is 245 g/mol. The monoisotopic (exact) mass is 245 g/mol. The number of hydrogen-bond donors (Lipinski definition) is 1. The third-order valence-corrected chi connectivity index (χ3v) is 2.12. The summed E-state index contributed by atoms with van der Waals surface area (Å²) in [5, 5.41) is 0. The fraction of sp³-hybridized carbons (Fsp3) is 0.0833. The number of aromatic nitrogens is 2. The van der Waals surface area contributed by atoms with Crippen LogP contribution in [-0.4, -0.2) is 23.0 Å². The molecule has 18 heavy (non-hydrogen) atoms. The Morgan fingerprint density at radius 1 is 1.28 bits per heavy atom. The molecule has 0 aliphatic heterocycles. The van der Waals surface area contributed by atoms with Crippen molar-refractivity contribution in [3.05, 3.63) is 42.4 Å². The SMILES string of the molecule is COC(=O)c1cc(Oc2cccc(N)c2)ncn1. The van der Waals surface area contributed by atoms with E-state index in [1.54, 1.807) is 24.3 Å². The minimum atomic E-state index is -0.546. The van der Waals surface area contributed by atoms with Gasteiger partial charge in [0.2, 0.25) is 5.88 Å². The lowest BCUT2D eigenvalue weighted by Gasteiger charge is -2.05. The summed E-state index contributed by atoms with van der Waals surface area (Å²) in [6, 6.07) is 8.28. The maximum Gasteiger partial charge on any atom is 0.356 e. The highest BCUT2D eigenvalue weighted by atomic mass is 16.5. The van der Waals surface area contributed by atoms with Crippen molar-refractivity contribution >= 4 is 11.7 Å². The van der Waals surface area contributed by atoms with Crippen LogP contribution in [0.4, 0.5) is 5.69 Å². The molecule has 1 heterocycles. The number of hydrogen-bond acceptors (Lipinski definition) is 6. The van der Waals surface area contributed by atoms with Gasteiger partial charge in [0.15, 0.2) is 5.69 Å². The molecule has 0 bridgehead atoms. The summed E-state index contributed by atoms with van der Waals surface area (Å²) in [5.41, 5.74) is 6.33. The van der Waals surface area contributed by atoms with Crippen LogP contribution in [0.15, 0.2) is 36.7 Å². The van der Waals surface area contributed by atoms with Crippen molar-refractivity contribution < 1.29 is 14.3 Å². The fourth-order valence-corrected chi connectivity index (χ4v) is 1.31. The Morgan fingerprint density at radius 2 is 2.11 bits per heavy atom. The predicted molar refractivity (Wildman–Crippen MR) is 64.3 cm³/mol. The molecule has 0 aliphatic carbocycles. The van der Waals surface area contributed by atoms with Gasteiger partial charge in [-0.15, -0.1) is 0 Å². The van der Waals surface area contributed by atoms with Crippen LogP contribution in [0.5, 0.6) is 11.6 Å². The quantitative estimate of drug-likeness (QED) is 0.653. The first-order valence-electron chi connectivity index (χ1n) is 5.13. The third-order valence-electron chi connectivity index (χ3n) is 2.12. The van der Waals surface area contributed by atoms with Gasteiger partial charge in [-0.3, -0.25) is 0 Å². The van der Waals surface area contributed by atoms with E-state index in [0.717, 1.165) is 0 Å². The molecule has 0 unspecified atom stereocenters. The Morgan fingerprint density at radius 3 is 2.83 bits per heavy atom. The highest BCUT2D eigenvalue weighted by molar-refractivity contribution is 5.87. The van der Waals surface area contributed by atoms with Crippen molar-refractivity contribution in [2.24, 2.45) is 0 Å². The number of esters is 1. The topological polar surface area (TPSA) is 87.3 Å². The molecule has 2 aromatic rings. The maximum absolute atomic E-state index is 11.3. The smallest absolute Gasteiger partial charge is 0.356 e. The maximum atomic E-state index is 11.3. The van der Waals surface area contributed by atoms with E-state index in [0.29, 0.717) is 11.4 Å². The van der Waals surface area contributed by atoms with E-state index in [2.05, 4.69) is 14.7 Å². The van der Waals surface area contributed by atoms with Gasteiger partial charge >= 0.3 is 5.97 Å². The van der Waals surface area contributed by atoms with Gasteiger partial charge in [-0.25, -0.2) is 14.8 Å². The zero-order chi connectivity index (χ0) is 13.0. The van der Waals surface area contributed by atoms with Crippen LogP contribution in [-0.2, 0) is 4.74 Å². The molecule has 6 nitrogen and oxygen atoms in total. The summed E-state index contributed by atoms with van der Waals surface area (Å²) in [7, 11) is 1.28. The van der Waals surface area contributed by atoms with Crippen LogP contribution in [0.25, 0.3) is 0 Å². The van der Waals surface area contributed by atoms with Crippen molar-refractivity contribution in [3.63, 3.8) is 0 Å². The molecular weight excluding hydrogens is 234 g/mol. The normalized spacial score (nSPS) is 9.83. The first-order valence-corrected chi connectivity index (χ1v) is 5.13. The second-order valence-electron chi connectivity index (χ2n) is 3.41. The van der Waals surface area contributed by atoms with E-state index >= 15 is 0 Å². The number of nitrogen functional groups attached to an aromatic ring is 1. The fourth-order valence-electron chi connectivity index (χ4n) is 1.31. The number of anilines is 1. The van der Waals surface area contributed by atoms with E-state index in [1.165, 1.54) is 19.5 Å². The Bertz CT molecular complexity index is 572. The van der Waals surface area contributed by atoms with E-state index in [4.69, 9.17) is 10.5 Å². The molecular formula is C12H11N3O3. The lowest BCUT2D eigenvalue weighted by Crippen LogP contribution is -2.04. The van der Waals surface area contributed by atoms with Gasteiger partial charge in [0.05, 0.1) is 7.11 Å². The first-order chi connectivity index (χ1) is 8.69. The summed E-state index contributed by atoms with van der Waals surface area (Å²) in [4.78, 5) is 19.0. The molecule has 2 rings (SSSR count). The van der Waals surface area contributed by atoms with E-state index in [-0.39, 0.29) is 11.6 Å². The summed E-state index contributed by atoms with van der Waals surface area (Å²) < 4.78 is 10.0. The van der Waals surface area contributed by atoms with Crippen LogP contribution in [0.3, 0.4) is 0 Å². The van der Waals surface area contributed by atoms with E-state index < -0.39 is 5.97 Å². The minimum Gasteiger partial charge on any atom is -0.464 e. The van der Waals surface area contributed by atoms with Crippen LogP contribution in [0.2, 0.25) is 0 Å². The standard InChI is InChI=1S/C12H11N3O3/c1-17-12(16)10-6-11(15-7-14-10)18-9-4-2-3-8(13)5-9/h2-7H,13H2,1H3. The van der Waals surface area contributed by atoms with Gasteiger partial charge in [0, 0.05) is 17.8 Å². The van der Waals surface area contributed by atoms with Crippen molar-refractivity contribution in [1.82, 2.24) is 9.97 Å². The second kappa shape index (κ2) is 5.13. The van der Waals surface area contributed by atoms with E-state index in [1.807, 2.05) is 0 Å². The summed E-state index contributed by atoms with van der Waals surface area (Å²) >= 11 is 0. The first kappa shape index (κ1) is 11.8.